The Balaban J connectivity index is 1.08. The smallest absolute Gasteiger partial charge is 0.201 e. The molecular formula is C64H41N3Si4. The minimum Gasteiger partial charge on any atom is -0.305 e. The van der Waals surface area contributed by atoms with Crippen molar-refractivity contribution in [2.75, 3.05) is 0 Å². The van der Waals surface area contributed by atoms with E-state index >= 15 is 0 Å². The van der Waals surface area contributed by atoms with Gasteiger partial charge in [-0.3, -0.25) is 9.97 Å². The maximum Gasteiger partial charge on any atom is 0.201 e. The van der Waals surface area contributed by atoms with Crippen LogP contribution in [0.2, 0.25) is 0 Å². The van der Waals surface area contributed by atoms with E-state index in [-0.39, 0.29) is 0 Å². The molecule has 0 aliphatic carbocycles. The molecule has 0 amide bonds. The van der Waals surface area contributed by atoms with Gasteiger partial charge in [0, 0.05) is 32.2 Å². The Morgan fingerprint density at radius 3 is 0.845 bits per heavy atom. The van der Waals surface area contributed by atoms with Crippen LogP contribution in [0.25, 0.3) is 38.1 Å². The van der Waals surface area contributed by atoms with E-state index in [1.165, 1.54) is 121 Å². The Kier molecular flexibility index (Phi) is 7.33. The van der Waals surface area contributed by atoms with Crippen molar-refractivity contribution in [1.82, 2.24) is 14.4 Å². The van der Waals surface area contributed by atoms with Crippen molar-refractivity contribution in [3.05, 3.63) is 249 Å². The van der Waals surface area contributed by atoms with Crippen molar-refractivity contribution >= 4 is 154 Å². The topological polar surface area (TPSA) is 30.2 Å². The zero-order valence-corrected chi connectivity index (χ0v) is 42.5. The van der Waals surface area contributed by atoms with Crippen molar-refractivity contribution in [2.24, 2.45) is 0 Å². The van der Waals surface area contributed by atoms with Crippen LogP contribution in [-0.4, -0.2) is 46.7 Å². The second-order valence-electron chi connectivity index (χ2n) is 20.2. The molecule has 0 saturated heterocycles. The van der Waals surface area contributed by atoms with Gasteiger partial charge in [0.1, 0.15) is 0 Å². The predicted octanol–water partition coefficient (Wildman–Crippen LogP) is 2.39. The molecule has 0 fully saturated rings. The van der Waals surface area contributed by atoms with Crippen LogP contribution in [0.4, 0.5) is 0 Å². The second kappa shape index (κ2) is 13.4. The van der Waals surface area contributed by atoms with Gasteiger partial charge in [-0.2, -0.15) is 0 Å². The van der Waals surface area contributed by atoms with E-state index in [2.05, 4.69) is 253 Å². The van der Waals surface area contributed by atoms with Gasteiger partial charge in [0.25, 0.3) is 0 Å². The van der Waals surface area contributed by atoms with Crippen LogP contribution >= 0.6 is 0 Å². The van der Waals surface area contributed by atoms with E-state index in [4.69, 9.17) is 9.97 Å². The van der Waals surface area contributed by atoms with Crippen molar-refractivity contribution in [2.45, 2.75) is 0 Å². The van der Waals surface area contributed by atoms with Crippen LogP contribution in [0.1, 0.15) is 0 Å². The van der Waals surface area contributed by atoms with Crippen molar-refractivity contribution in [1.29, 1.82) is 0 Å². The summed E-state index contributed by atoms with van der Waals surface area (Å²) in [5.41, 5.74) is 3.65. The number of nitrogens with zero attached hydrogens (tertiary/aromatic N) is 3. The average molecular weight is 964 g/mol. The quantitative estimate of drug-likeness (QED) is 0.254. The first-order valence-electron chi connectivity index (χ1n) is 24.9. The molecule has 13 aromatic rings. The molecule has 0 N–H and O–H groups in total. The SMILES string of the molecule is c1ccc([Si]23c4ccccc4[Si](c4ccccc4)(c4ccccc42)c2c3ncc3c2c2cccc4c5c6c(ncc5n3c24)[Si]2(c3ccccc3)c3ccccc3[Si]6(c3ccccc3)c3ccccc32)cc1. The molecule has 6 aliphatic rings. The van der Waals surface area contributed by atoms with Crippen molar-refractivity contribution < 1.29 is 0 Å². The fourth-order valence-electron chi connectivity index (χ4n) is 15.5. The summed E-state index contributed by atoms with van der Waals surface area (Å²) in [6.45, 7) is 0. The number of hydrogen-bond acceptors (Lipinski definition) is 2. The number of rotatable bonds is 4. The molecule has 0 unspecified atom stereocenters. The monoisotopic (exact) mass is 963 g/mol. The number of benzene rings is 9. The summed E-state index contributed by atoms with van der Waals surface area (Å²) in [7, 11) is -11.9. The highest BCUT2D eigenvalue weighted by atomic mass is 28.3. The Labute approximate surface area is 414 Å². The van der Waals surface area contributed by atoms with Gasteiger partial charge < -0.3 is 4.40 Å². The zero-order valence-electron chi connectivity index (χ0n) is 38.5. The highest BCUT2D eigenvalue weighted by Crippen LogP contribution is 2.40. The Bertz CT molecular complexity index is 4050. The summed E-state index contributed by atoms with van der Waals surface area (Å²) in [6, 6.07) is 91.5. The minimum atomic E-state index is -3.02. The van der Waals surface area contributed by atoms with Crippen LogP contribution in [0.5, 0.6) is 0 Å². The summed E-state index contributed by atoms with van der Waals surface area (Å²) in [5.74, 6) is 0. The molecule has 10 heterocycles. The van der Waals surface area contributed by atoms with E-state index in [1.807, 2.05) is 0 Å². The largest absolute Gasteiger partial charge is 0.305 e. The van der Waals surface area contributed by atoms with Crippen molar-refractivity contribution in [3.8, 4) is 0 Å². The lowest BCUT2D eigenvalue weighted by atomic mass is 10.1. The molecule has 4 bridgehead atoms. The standard InChI is InChI=1S/C64H41N3Si4/c1-5-22-42(23-6-1)68-50-32-13-17-36-54(50)70(44-26-9-3-10-27-44,55-37-18-14-33-51(55)68)63-61(68)58-46-30-21-31-47-59-49(67(60(46)47)48(58)40-65-63)41-66-64-62(59)69(43-24-7-2-8-25-43)52-34-15-19-38-56(52)71(64,45-28-11-4-12-29-45)57-39-20-16-35-53(57)69/h1-41H. The summed E-state index contributed by atoms with van der Waals surface area (Å²) >= 11 is 0. The number of hydrogen-bond donors (Lipinski definition) is 0. The van der Waals surface area contributed by atoms with E-state index < -0.39 is 32.3 Å². The van der Waals surface area contributed by atoms with Crippen molar-refractivity contribution in [3.63, 3.8) is 0 Å². The fourth-order valence-corrected chi connectivity index (χ4v) is 42.2. The summed E-state index contributed by atoms with van der Waals surface area (Å²) < 4.78 is 2.61. The molecule has 3 nitrogen and oxygen atoms in total. The number of para-hydroxylation sites is 1. The zero-order chi connectivity index (χ0) is 46.3. The Morgan fingerprint density at radius 2 is 0.535 bits per heavy atom. The van der Waals surface area contributed by atoms with E-state index in [9.17, 15) is 0 Å². The third kappa shape index (κ3) is 4.14. The maximum absolute atomic E-state index is 6.01. The lowest BCUT2D eigenvalue weighted by Gasteiger charge is -2.54. The highest BCUT2D eigenvalue weighted by Gasteiger charge is 2.66. The molecular weight excluding hydrogens is 923 g/mol. The first-order valence-corrected chi connectivity index (χ1v) is 32.9. The minimum absolute atomic E-state index is 1.18. The van der Waals surface area contributed by atoms with Crippen LogP contribution in [-0.2, 0) is 0 Å². The molecule has 0 saturated carbocycles. The Morgan fingerprint density at radius 1 is 0.268 bits per heavy atom. The number of fused-ring (bicyclic) bond motifs is 6. The first kappa shape index (κ1) is 38.8. The van der Waals surface area contributed by atoms with E-state index in [0.717, 1.165) is 0 Å². The highest BCUT2D eigenvalue weighted by molar-refractivity contribution is 7.40. The molecule has 9 aromatic carbocycles. The second-order valence-corrected chi connectivity index (χ2v) is 34.7. The molecule has 7 heteroatoms. The Hall–Kier alpha value is -8.05. The molecule has 0 spiro atoms. The van der Waals surface area contributed by atoms with Crippen LogP contribution in [0.3, 0.4) is 0 Å². The molecule has 71 heavy (non-hydrogen) atoms. The van der Waals surface area contributed by atoms with Gasteiger partial charge in [-0.15, -0.1) is 0 Å². The summed E-state index contributed by atoms with van der Waals surface area (Å²) in [4.78, 5) is 12.0. The van der Waals surface area contributed by atoms with Crippen LogP contribution in [0.15, 0.2) is 249 Å². The average Bonchev–Trinajstić information content (AvgIpc) is 4.01. The number of aromatic nitrogens is 3. The van der Waals surface area contributed by atoms with Crippen LogP contribution < -0.4 is 83.2 Å². The number of pyridine rings is 2. The normalized spacial score (nSPS) is 21.7. The molecule has 6 aliphatic heterocycles. The maximum atomic E-state index is 6.01. The van der Waals surface area contributed by atoms with Crippen LogP contribution in [0, 0.1) is 0 Å². The summed E-state index contributed by atoms with van der Waals surface area (Å²) in [6.07, 6.45) is 4.56. The molecule has 0 atom stereocenters. The van der Waals surface area contributed by atoms with E-state index in [0.29, 0.717) is 0 Å². The van der Waals surface area contributed by atoms with E-state index in [1.54, 1.807) is 0 Å². The molecule has 328 valence electrons. The third-order valence-electron chi connectivity index (χ3n) is 17.6. The first-order chi connectivity index (χ1) is 35.3. The predicted molar refractivity (Wildman–Crippen MR) is 305 cm³/mol. The lowest BCUT2D eigenvalue weighted by Crippen LogP contribution is -3.01. The van der Waals surface area contributed by atoms with Gasteiger partial charge in [-0.05, 0) is 72.6 Å². The van der Waals surface area contributed by atoms with Gasteiger partial charge >= 0.3 is 0 Å². The lowest BCUT2D eigenvalue weighted by molar-refractivity contribution is 1.30. The molecule has 19 rings (SSSR count). The van der Waals surface area contributed by atoms with Gasteiger partial charge in [0.05, 0.1) is 28.9 Å². The molecule has 4 aromatic heterocycles. The van der Waals surface area contributed by atoms with Gasteiger partial charge in [0.2, 0.25) is 16.1 Å². The third-order valence-corrected chi connectivity index (χ3v) is 38.5. The van der Waals surface area contributed by atoms with Gasteiger partial charge in [0.15, 0.2) is 16.1 Å². The van der Waals surface area contributed by atoms with Gasteiger partial charge in [-0.1, -0.05) is 237 Å². The summed E-state index contributed by atoms with van der Waals surface area (Å²) in [5, 5.41) is 28.7. The van der Waals surface area contributed by atoms with Gasteiger partial charge in [-0.25, -0.2) is 0 Å². The fraction of sp³-hybridized carbons (Fsp3) is 0. The molecule has 0 radical (unpaired) electrons.